The Bertz CT molecular complexity index is 845. The Morgan fingerprint density at radius 1 is 0.750 bits per heavy atom. The van der Waals surface area contributed by atoms with Crippen molar-refractivity contribution < 1.29 is 9.59 Å². The SMILES string of the molecule is O=C(C1CCC(C(=O)N2CCc3ccncc32)CC1)N1CCc2ccncc21. The van der Waals surface area contributed by atoms with Gasteiger partial charge in [0, 0.05) is 37.3 Å². The van der Waals surface area contributed by atoms with Crippen LogP contribution >= 0.6 is 0 Å². The number of carbonyl (C=O) groups is 2. The topological polar surface area (TPSA) is 66.4 Å². The fourth-order valence-corrected chi connectivity index (χ4v) is 4.93. The molecule has 5 rings (SSSR count). The van der Waals surface area contributed by atoms with Crippen molar-refractivity contribution in [1.29, 1.82) is 0 Å². The standard InChI is InChI=1S/C22H24N4O2/c27-21(25-11-7-15-5-9-23-13-19(15)25)17-1-2-18(4-3-17)22(28)26-12-8-16-6-10-24-14-20(16)26/h5-6,9-10,13-14,17-18H,1-4,7-8,11-12H2. The number of pyridine rings is 2. The average molecular weight is 376 g/mol. The van der Waals surface area contributed by atoms with Gasteiger partial charge in [0.1, 0.15) is 0 Å². The van der Waals surface area contributed by atoms with Gasteiger partial charge in [-0.25, -0.2) is 0 Å². The molecule has 6 heteroatoms. The second-order valence-corrected chi connectivity index (χ2v) is 8.04. The lowest BCUT2D eigenvalue weighted by Gasteiger charge is -2.32. The lowest BCUT2D eigenvalue weighted by molar-refractivity contribution is -0.127. The van der Waals surface area contributed by atoms with Gasteiger partial charge in [-0.05, 0) is 61.8 Å². The van der Waals surface area contributed by atoms with Gasteiger partial charge < -0.3 is 9.80 Å². The number of hydrogen-bond donors (Lipinski definition) is 0. The normalized spacial score (nSPS) is 23.4. The minimum absolute atomic E-state index is 0.0164. The third kappa shape index (κ3) is 2.87. The maximum Gasteiger partial charge on any atom is 0.230 e. The molecule has 2 aromatic rings. The number of fused-ring (bicyclic) bond motifs is 2. The van der Waals surface area contributed by atoms with Gasteiger partial charge in [-0.3, -0.25) is 19.6 Å². The van der Waals surface area contributed by atoms with Gasteiger partial charge in [0.2, 0.25) is 11.8 Å². The molecule has 0 atom stereocenters. The summed E-state index contributed by atoms with van der Waals surface area (Å²) < 4.78 is 0. The summed E-state index contributed by atoms with van der Waals surface area (Å²) >= 11 is 0. The highest BCUT2D eigenvalue weighted by Gasteiger charge is 2.37. The molecular weight excluding hydrogens is 352 g/mol. The Labute approximate surface area is 164 Å². The van der Waals surface area contributed by atoms with Gasteiger partial charge in [-0.1, -0.05) is 0 Å². The monoisotopic (exact) mass is 376 g/mol. The second-order valence-electron chi connectivity index (χ2n) is 8.04. The van der Waals surface area contributed by atoms with Crippen LogP contribution in [0.2, 0.25) is 0 Å². The van der Waals surface area contributed by atoms with Crippen molar-refractivity contribution >= 4 is 23.2 Å². The molecule has 1 saturated carbocycles. The largest absolute Gasteiger partial charge is 0.310 e. The molecule has 0 radical (unpaired) electrons. The first kappa shape index (κ1) is 17.3. The van der Waals surface area contributed by atoms with Crippen molar-refractivity contribution in [1.82, 2.24) is 9.97 Å². The summed E-state index contributed by atoms with van der Waals surface area (Å²) in [6, 6.07) is 4.00. The van der Waals surface area contributed by atoms with E-state index in [1.807, 2.05) is 21.9 Å². The van der Waals surface area contributed by atoms with E-state index in [0.29, 0.717) is 0 Å². The van der Waals surface area contributed by atoms with E-state index in [4.69, 9.17) is 0 Å². The smallest absolute Gasteiger partial charge is 0.230 e. The summed E-state index contributed by atoms with van der Waals surface area (Å²) in [5, 5.41) is 0. The molecule has 28 heavy (non-hydrogen) atoms. The number of aromatic nitrogens is 2. The number of amides is 2. The van der Waals surface area contributed by atoms with Crippen molar-refractivity contribution in [3.63, 3.8) is 0 Å². The fourth-order valence-electron chi connectivity index (χ4n) is 4.93. The van der Waals surface area contributed by atoms with E-state index in [9.17, 15) is 9.59 Å². The van der Waals surface area contributed by atoms with Crippen LogP contribution in [0.5, 0.6) is 0 Å². The van der Waals surface area contributed by atoms with E-state index in [1.54, 1.807) is 24.8 Å². The van der Waals surface area contributed by atoms with Crippen molar-refractivity contribution in [3.8, 4) is 0 Å². The molecule has 6 nitrogen and oxygen atoms in total. The number of carbonyl (C=O) groups excluding carboxylic acids is 2. The predicted molar refractivity (Wildman–Crippen MR) is 106 cm³/mol. The van der Waals surface area contributed by atoms with Gasteiger partial charge in [0.05, 0.1) is 23.8 Å². The summed E-state index contributed by atoms with van der Waals surface area (Å²) in [6.45, 7) is 1.49. The van der Waals surface area contributed by atoms with Crippen LogP contribution in [0.1, 0.15) is 36.8 Å². The molecule has 2 aliphatic heterocycles. The van der Waals surface area contributed by atoms with Crippen molar-refractivity contribution in [2.45, 2.75) is 38.5 Å². The molecule has 1 aliphatic carbocycles. The summed E-state index contributed by atoms with van der Waals surface area (Å²) in [5.41, 5.74) is 4.33. The number of anilines is 2. The van der Waals surface area contributed by atoms with E-state index in [-0.39, 0.29) is 23.7 Å². The predicted octanol–water partition coefficient (Wildman–Crippen LogP) is 2.76. The van der Waals surface area contributed by atoms with Crippen molar-refractivity contribution in [2.75, 3.05) is 22.9 Å². The summed E-state index contributed by atoms with van der Waals surface area (Å²) in [4.78, 5) is 38.3. The third-order valence-corrected chi connectivity index (χ3v) is 6.52. The Morgan fingerprint density at radius 3 is 1.61 bits per heavy atom. The summed E-state index contributed by atoms with van der Waals surface area (Å²) in [7, 11) is 0. The van der Waals surface area contributed by atoms with Crippen LogP contribution in [0.3, 0.4) is 0 Å². The van der Waals surface area contributed by atoms with Crippen LogP contribution in [-0.4, -0.2) is 34.9 Å². The molecule has 1 fully saturated rings. The Hall–Kier alpha value is -2.76. The van der Waals surface area contributed by atoms with E-state index < -0.39 is 0 Å². The molecule has 2 aromatic heterocycles. The van der Waals surface area contributed by atoms with Crippen molar-refractivity contribution in [2.24, 2.45) is 11.8 Å². The van der Waals surface area contributed by atoms with Crippen LogP contribution < -0.4 is 9.80 Å². The highest BCUT2D eigenvalue weighted by Crippen LogP contribution is 2.36. The van der Waals surface area contributed by atoms with Gasteiger partial charge in [0.25, 0.3) is 0 Å². The number of rotatable bonds is 2. The van der Waals surface area contributed by atoms with Gasteiger partial charge in [-0.2, -0.15) is 0 Å². The molecule has 0 unspecified atom stereocenters. The lowest BCUT2D eigenvalue weighted by atomic mass is 9.80. The first-order valence-electron chi connectivity index (χ1n) is 10.2. The molecule has 0 spiro atoms. The minimum Gasteiger partial charge on any atom is -0.310 e. The van der Waals surface area contributed by atoms with Gasteiger partial charge in [0.15, 0.2) is 0 Å². The van der Waals surface area contributed by atoms with Gasteiger partial charge >= 0.3 is 0 Å². The Balaban J connectivity index is 1.23. The van der Waals surface area contributed by atoms with Crippen LogP contribution in [0.15, 0.2) is 36.9 Å². The molecule has 144 valence electrons. The molecule has 2 amide bonds. The molecule has 4 heterocycles. The summed E-state index contributed by atoms with van der Waals surface area (Å²) in [5.74, 6) is 0.437. The van der Waals surface area contributed by atoms with E-state index in [0.717, 1.165) is 63.0 Å². The molecule has 3 aliphatic rings. The number of hydrogen-bond acceptors (Lipinski definition) is 4. The average Bonchev–Trinajstić information content (AvgIpc) is 3.37. The quantitative estimate of drug-likeness (QED) is 0.808. The van der Waals surface area contributed by atoms with Gasteiger partial charge in [-0.15, -0.1) is 0 Å². The lowest BCUT2D eigenvalue weighted by Crippen LogP contribution is -2.40. The Morgan fingerprint density at radius 2 is 1.18 bits per heavy atom. The van der Waals surface area contributed by atoms with Crippen LogP contribution in [-0.2, 0) is 22.4 Å². The molecule has 0 N–H and O–H groups in total. The molecular formula is C22H24N4O2. The molecule has 0 bridgehead atoms. The minimum atomic E-state index is 0.0164. The first-order valence-corrected chi connectivity index (χ1v) is 10.2. The fraction of sp³-hybridized carbons (Fsp3) is 0.455. The zero-order chi connectivity index (χ0) is 19.1. The molecule has 0 aromatic carbocycles. The maximum atomic E-state index is 13.1. The van der Waals surface area contributed by atoms with E-state index in [1.165, 1.54) is 11.1 Å². The van der Waals surface area contributed by atoms with Crippen molar-refractivity contribution in [3.05, 3.63) is 48.0 Å². The second kappa shape index (κ2) is 7.00. The number of nitrogens with zero attached hydrogens (tertiary/aromatic N) is 4. The van der Waals surface area contributed by atoms with Crippen LogP contribution in [0.25, 0.3) is 0 Å². The first-order chi connectivity index (χ1) is 13.7. The summed E-state index contributed by atoms with van der Waals surface area (Å²) in [6.07, 6.45) is 12.1. The zero-order valence-corrected chi connectivity index (χ0v) is 15.9. The Kier molecular flexibility index (Phi) is 4.34. The van der Waals surface area contributed by atoms with E-state index >= 15 is 0 Å². The van der Waals surface area contributed by atoms with Crippen LogP contribution in [0, 0.1) is 11.8 Å². The third-order valence-electron chi connectivity index (χ3n) is 6.52. The van der Waals surface area contributed by atoms with E-state index in [2.05, 4.69) is 9.97 Å². The highest BCUT2D eigenvalue weighted by atomic mass is 16.2. The molecule has 0 saturated heterocycles. The van der Waals surface area contributed by atoms with Crippen LogP contribution in [0.4, 0.5) is 11.4 Å². The maximum absolute atomic E-state index is 13.1. The zero-order valence-electron chi connectivity index (χ0n) is 15.9. The highest BCUT2D eigenvalue weighted by molar-refractivity contribution is 5.98.